The lowest BCUT2D eigenvalue weighted by Gasteiger charge is -2.36. The number of nitrogens with zero attached hydrogens (tertiary/aromatic N) is 3. The molecule has 1 aromatic heterocycles. The largest absolute Gasteiger partial charge is 0.459 e. The van der Waals surface area contributed by atoms with Gasteiger partial charge in [-0.15, -0.1) is 0 Å². The van der Waals surface area contributed by atoms with Gasteiger partial charge in [-0.25, -0.2) is 4.39 Å². The van der Waals surface area contributed by atoms with Gasteiger partial charge in [0.15, 0.2) is 5.76 Å². The van der Waals surface area contributed by atoms with E-state index in [4.69, 9.17) is 4.42 Å². The Bertz CT molecular complexity index is 1050. The Hall–Kier alpha value is -3.45. The van der Waals surface area contributed by atoms with Crippen molar-refractivity contribution in [3.8, 4) is 0 Å². The highest BCUT2D eigenvalue weighted by Gasteiger charge is 2.23. The van der Waals surface area contributed by atoms with Gasteiger partial charge in [0, 0.05) is 52.2 Å². The number of hydrogen-bond acceptors (Lipinski definition) is 4. The third kappa shape index (κ3) is 6.54. The molecular formula is C27H30FN3O3. The molecule has 0 radical (unpaired) electrons. The van der Waals surface area contributed by atoms with Crippen LogP contribution >= 0.6 is 0 Å². The van der Waals surface area contributed by atoms with Crippen LogP contribution in [0.1, 0.15) is 28.1 Å². The van der Waals surface area contributed by atoms with Gasteiger partial charge in [-0.1, -0.05) is 42.5 Å². The van der Waals surface area contributed by atoms with Crippen LogP contribution in [-0.2, 0) is 17.8 Å². The van der Waals surface area contributed by atoms with Crippen molar-refractivity contribution in [1.29, 1.82) is 0 Å². The average molecular weight is 464 g/mol. The third-order valence-corrected chi connectivity index (χ3v) is 6.19. The fourth-order valence-corrected chi connectivity index (χ4v) is 4.16. The number of halogens is 1. The van der Waals surface area contributed by atoms with Crippen molar-refractivity contribution in [2.24, 2.45) is 0 Å². The molecule has 3 aromatic rings. The molecule has 0 spiro atoms. The van der Waals surface area contributed by atoms with E-state index in [-0.39, 0.29) is 23.4 Å². The summed E-state index contributed by atoms with van der Waals surface area (Å²) < 4.78 is 18.6. The summed E-state index contributed by atoms with van der Waals surface area (Å²) in [6.07, 6.45) is 2.76. The molecule has 178 valence electrons. The minimum absolute atomic E-state index is 0.189. The predicted molar refractivity (Wildman–Crippen MR) is 128 cm³/mol. The first-order chi connectivity index (χ1) is 16.6. The topological polar surface area (TPSA) is 57.0 Å². The first-order valence-electron chi connectivity index (χ1n) is 11.7. The summed E-state index contributed by atoms with van der Waals surface area (Å²) in [5.74, 6) is -0.0155. The average Bonchev–Trinajstić information content (AvgIpc) is 3.42. The zero-order chi connectivity index (χ0) is 23.8. The van der Waals surface area contributed by atoms with Crippen molar-refractivity contribution in [3.05, 3.63) is 95.7 Å². The van der Waals surface area contributed by atoms with Crippen LogP contribution in [0.15, 0.2) is 77.4 Å². The third-order valence-electron chi connectivity index (χ3n) is 6.19. The first kappa shape index (κ1) is 23.7. The van der Waals surface area contributed by atoms with Crippen molar-refractivity contribution in [3.63, 3.8) is 0 Å². The van der Waals surface area contributed by atoms with E-state index in [1.807, 2.05) is 35.2 Å². The maximum Gasteiger partial charge on any atom is 0.289 e. The van der Waals surface area contributed by atoms with Crippen LogP contribution in [0.4, 0.5) is 4.39 Å². The smallest absolute Gasteiger partial charge is 0.289 e. The molecule has 0 atom stereocenters. The summed E-state index contributed by atoms with van der Waals surface area (Å²) >= 11 is 0. The van der Waals surface area contributed by atoms with Gasteiger partial charge in [-0.3, -0.25) is 14.5 Å². The maximum atomic E-state index is 13.3. The molecule has 1 saturated heterocycles. The van der Waals surface area contributed by atoms with Crippen LogP contribution in [0.25, 0.3) is 0 Å². The number of amides is 2. The molecule has 0 saturated carbocycles. The second-order valence-corrected chi connectivity index (χ2v) is 8.54. The van der Waals surface area contributed by atoms with Crippen LogP contribution in [0, 0.1) is 5.82 Å². The van der Waals surface area contributed by atoms with Crippen molar-refractivity contribution in [2.45, 2.75) is 19.4 Å². The van der Waals surface area contributed by atoms with Crippen molar-refractivity contribution >= 4 is 11.8 Å². The second-order valence-electron chi connectivity index (χ2n) is 8.54. The van der Waals surface area contributed by atoms with E-state index < -0.39 is 0 Å². The normalized spacial score (nSPS) is 14.2. The molecule has 6 nitrogen and oxygen atoms in total. The van der Waals surface area contributed by atoms with Crippen LogP contribution < -0.4 is 0 Å². The lowest BCUT2D eigenvalue weighted by Crippen LogP contribution is -2.50. The Labute approximate surface area is 199 Å². The quantitative estimate of drug-likeness (QED) is 0.484. The molecule has 1 fully saturated rings. The van der Waals surface area contributed by atoms with Crippen molar-refractivity contribution in [2.75, 3.05) is 39.3 Å². The number of carbonyl (C=O) groups is 2. The van der Waals surface area contributed by atoms with Gasteiger partial charge in [0.25, 0.3) is 5.91 Å². The highest BCUT2D eigenvalue weighted by Crippen LogP contribution is 2.13. The van der Waals surface area contributed by atoms with E-state index in [1.54, 1.807) is 29.2 Å². The molecule has 1 aliphatic rings. The van der Waals surface area contributed by atoms with E-state index in [2.05, 4.69) is 4.90 Å². The number of aryl methyl sites for hydroxylation is 1. The summed E-state index contributed by atoms with van der Waals surface area (Å²) in [5.41, 5.74) is 2.03. The highest BCUT2D eigenvalue weighted by atomic mass is 19.1. The van der Waals surface area contributed by atoms with E-state index in [1.165, 1.54) is 24.0 Å². The maximum absolute atomic E-state index is 13.3. The highest BCUT2D eigenvalue weighted by molar-refractivity contribution is 5.91. The van der Waals surface area contributed by atoms with Crippen molar-refractivity contribution in [1.82, 2.24) is 14.7 Å². The summed E-state index contributed by atoms with van der Waals surface area (Å²) in [4.78, 5) is 31.5. The van der Waals surface area contributed by atoms with E-state index >= 15 is 0 Å². The van der Waals surface area contributed by atoms with Crippen LogP contribution in [-0.4, -0.2) is 65.8 Å². The molecule has 4 rings (SSSR count). The van der Waals surface area contributed by atoms with E-state index in [0.717, 1.165) is 25.1 Å². The minimum atomic E-state index is -0.302. The fraction of sp³-hybridized carbons (Fsp3) is 0.333. The second kappa shape index (κ2) is 11.6. The number of rotatable bonds is 9. The standard InChI is InChI=1S/C27H30FN3O3/c28-24-11-8-23(9-12-24)21-31(27(33)25-7-4-20-34-25)19-16-29-14-17-30(18-15-29)26(32)13-10-22-5-2-1-3-6-22/h1-9,11-12,20H,10,13-19,21H2. The lowest BCUT2D eigenvalue weighted by atomic mass is 10.1. The fourth-order valence-electron chi connectivity index (χ4n) is 4.16. The SMILES string of the molecule is O=C(CCc1ccccc1)N1CCN(CCN(Cc2ccc(F)cc2)C(=O)c2ccco2)CC1. The van der Waals surface area contributed by atoms with Crippen LogP contribution in [0.2, 0.25) is 0 Å². The minimum Gasteiger partial charge on any atom is -0.459 e. The van der Waals surface area contributed by atoms with E-state index in [0.29, 0.717) is 39.1 Å². The number of piperazine rings is 1. The Kier molecular flexibility index (Phi) is 8.09. The molecule has 0 unspecified atom stereocenters. The number of benzene rings is 2. The summed E-state index contributed by atoms with van der Waals surface area (Å²) in [6, 6.07) is 19.6. The molecule has 34 heavy (non-hydrogen) atoms. The number of carbonyl (C=O) groups excluding carboxylic acids is 2. The van der Waals surface area contributed by atoms with Crippen LogP contribution in [0.5, 0.6) is 0 Å². The lowest BCUT2D eigenvalue weighted by molar-refractivity contribution is -0.132. The Morgan fingerprint density at radius 1 is 0.882 bits per heavy atom. The first-order valence-corrected chi connectivity index (χ1v) is 11.7. The van der Waals surface area contributed by atoms with E-state index in [9.17, 15) is 14.0 Å². The molecular weight excluding hydrogens is 433 g/mol. The Balaban J connectivity index is 1.27. The van der Waals surface area contributed by atoms with Gasteiger partial charge in [0.2, 0.25) is 5.91 Å². The van der Waals surface area contributed by atoms with Gasteiger partial charge < -0.3 is 14.2 Å². The zero-order valence-electron chi connectivity index (χ0n) is 19.2. The van der Waals surface area contributed by atoms with Gasteiger partial charge in [-0.2, -0.15) is 0 Å². The molecule has 2 aromatic carbocycles. The summed E-state index contributed by atoms with van der Waals surface area (Å²) in [6.45, 7) is 4.51. The number of hydrogen-bond donors (Lipinski definition) is 0. The molecule has 0 N–H and O–H groups in total. The molecule has 2 heterocycles. The van der Waals surface area contributed by atoms with Crippen molar-refractivity contribution < 1.29 is 18.4 Å². The molecule has 2 amide bonds. The van der Waals surface area contributed by atoms with Crippen LogP contribution in [0.3, 0.4) is 0 Å². The number of furan rings is 1. The van der Waals surface area contributed by atoms with Gasteiger partial charge in [0.05, 0.1) is 6.26 Å². The summed E-state index contributed by atoms with van der Waals surface area (Å²) in [5, 5.41) is 0. The molecule has 1 aliphatic heterocycles. The van der Waals surface area contributed by atoms with Gasteiger partial charge in [0.1, 0.15) is 5.82 Å². The Morgan fingerprint density at radius 3 is 2.29 bits per heavy atom. The monoisotopic (exact) mass is 463 g/mol. The summed E-state index contributed by atoms with van der Waals surface area (Å²) in [7, 11) is 0. The van der Waals surface area contributed by atoms with Gasteiger partial charge >= 0.3 is 0 Å². The Morgan fingerprint density at radius 2 is 1.62 bits per heavy atom. The molecule has 0 aliphatic carbocycles. The molecule has 7 heteroatoms. The zero-order valence-corrected chi connectivity index (χ0v) is 19.2. The van der Waals surface area contributed by atoms with Gasteiger partial charge in [-0.05, 0) is 41.8 Å². The molecule has 0 bridgehead atoms. The predicted octanol–water partition coefficient (Wildman–Crippen LogP) is 3.84.